The van der Waals surface area contributed by atoms with Crippen LogP contribution in [0.5, 0.6) is 0 Å². The van der Waals surface area contributed by atoms with Crippen LogP contribution in [-0.4, -0.2) is 25.1 Å². The molecule has 1 heterocycles. The van der Waals surface area contributed by atoms with Gasteiger partial charge in [-0.05, 0) is 41.8 Å². The van der Waals surface area contributed by atoms with Crippen molar-refractivity contribution in [2.24, 2.45) is 0 Å². The third-order valence-corrected chi connectivity index (χ3v) is 6.97. The molecule has 0 spiro atoms. The van der Waals surface area contributed by atoms with Gasteiger partial charge in [0.2, 0.25) is 10.0 Å². The zero-order chi connectivity index (χ0) is 19.7. The molecular formula is C23H21NO3S. The highest BCUT2D eigenvalue weighted by atomic mass is 32.2. The predicted molar refractivity (Wildman–Crippen MR) is 110 cm³/mol. The van der Waals surface area contributed by atoms with Crippen molar-refractivity contribution in [2.45, 2.75) is 24.8 Å². The molecule has 0 aliphatic carbocycles. The molecular weight excluding hydrogens is 370 g/mol. The van der Waals surface area contributed by atoms with E-state index in [9.17, 15) is 13.2 Å². The molecule has 0 bridgehead atoms. The molecule has 0 aromatic heterocycles. The Morgan fingerprint density at radius 1 is 0.857 bits per heavy atom. The highest BCUT2D eigenvalue weighted by Crippen LogP contribution is 2.28. The summed E-state index contributed by atoms with van der Waals surface area (Å²) in [4.78, 5) is 13.0. The first-order valence-electron chi connectivity index (χ1n) is 9.23. The quantitative estimate of drug-likeness (QED) is 0.663. The Morgan fingerprint density at radius 2 is 1.57 bits per heavy atom. The van der Waals surface area contributed by atoms with Gasteiger partial charge >= 0.3 is 0 Å². The second-order valence-corrected chi connectivity index (χ2v) is 9.00. The van der Waals surface area contributed by atoms with Crippen molar-refractivity contribution >= 4 is 15.8 Å². The summed E-state index contributed by atoms with van der Waals surface area (Å²) in [5, 5.41) is 0. The summed E-state index contributed by atoms with van der Waals surface area (Å²) in [5.74, 6) is -0.0191. The summed E-state index contributed by atoms with van der Waals surface area (Å²) in [6.07, 6.45) is 0.177. The van der Waals surface area contributed by atoms with E-state index in [1.54, 1.807) is 24.3 Å². The Kier molecular flexibility index (Phi) is 4.87. The molecule has 4 rings (SSSR count). The maximum absolute atomic E-state index is 13.1. The number of aryl methyl sites for hydroxylation is 1. The van der Waals surface area contributed by atoms with Crippen molar-refractivity contribution in [1.29, 1.82) is 0 Å². The Bertz CT molecular complexity index is 1120. The van der Waals surface area contributed by atoms with Gasteiger partial charge in [0, 0.05) is 25.1 Å². The maximum Gasteiger partial charge on any atom is 0.243 e. The van der Waals surface area contributed by atoms with Gasteiger partial charge in [0.05, 0.1) is 4.90 Å². The lowest BCUT2D eigenvalue weighted by molar-refractivity contribution is 0.0981. The lowest BCUT2D eigenvalue weighted by Crippen LogP contribution is -2.31. The van der Waals surface area contributed by atoms with Crippen molar-refractivity contribution < 1.29 is 13.2 Å². The van der Waals surface area contributed by atoms with Gasteiger partial charge in [-0.3, -0.25) is 4.79 Å². The van der Waals surface area contributed by atoms with E-state index in [-0.39, 0.29) is 30.2 Å². The largest absolute Gasteiger partial charge is 0.294 e. The summed E-state index contributed by atoms with van der Waals surface area (Å²) in [7, 11) is -3.65. The van der Waals surface area contributed by atoms with E-state index in [4.69, 9.17) is 0 Å². The Labute approximate surface area is 165 Å². The molecule has 142 valence electrons. The SMILES string of the molecule is Cc1ccc(S(=O)(=O)N2CCC(=O)c3cc(-c4ccccc4)ccc3C2)cc1. The number of carbonyl (C=O) groups excluding carboxylic acids is 1. The van der Waals surface area contributed by atoms with Gasteiger partial charge in [-0.25, -0.2) is 8.42 Å². The molecule has 28 heavy (non-hydrogen) atoms. The van der Waals surface area contributed by atoms with E-state index in [2.05, 4.69) is 0 Å². The minimum atomic E-state index is -3.65. The molecule has 0 unspecified atom stereocenters. The van der Waals surface area contributed by atoms with Crippen LogP contribution < -0.4 is 0 Å². The van der Waals surface area contributed by atoms with Gasteiger partial charge in [-0.15, -0.1) is 0 Å². The van der Waals surface area contributed by atoms with Crippen LogP contribution in [0.1, 0.15) is 27.9 Å². The van der Waals surface area contributed by atoms with E-state index in [1.165, 1.54) is 4.31 Å². The van der Waals surface area contributed by atoms with Gasteiger partial charge < -0.3 is 0 Å². The summed E-state index contributed by atoms with van der Waals surface area (Å²) in [6, 6.07) is 22.4. The number of nitrogens with zero attached hydrogens (tertiary/aromatic N) is 1. The third-order valence-electron chi connectivity index (χ3n) is 5.11. The smallest absolute Gasteiger partial charge is 0.243 e. The summed E-state index contributed by atoms with van der Waals surface area (Å²) in [6.45, 7) is 2.30. The summed E-state index contributed by atoms with van der Waals surface area (Å²) in [5.41, 5.74) is 4.36. The maximum atomic E-state index is 13.1. The molecule has 0 radical (unpaired) electrons. The molecule has 0 saturated heterocycles. The topological polar surface area (TPSA) is 54.5 Å². The fourth-order valence-electron chi connectivity index (χ4n) is 3.48. The van der Waals surface area contributed by atoms with Gasteiger partial charge in [-0.1, -0.05) is 60.2 Å². The van der Waals surface area contributed by atoms with Crippen LogP contribution in [0.4, 0.5) is 0 Å². The second kappa shape index (κ2) is 7.34. The number of hydrogen-bond donors (Lipinski definition) is 0. The van der Waals surface area contributed by atoms with Crippen LogP contribution >= 0.6 is 0 Å². The molecule has 1 aliphatic heterocycles. The van der Waals surface area contributed by atoms with E-state index in [1.807, 2.05) is 55.5 Å². The molecule has 0 saturated carbocycles. The number of sulfonamides is 1. The van der Waals surface area contributed by atoms with Crippen molar-refractivity contribution in [3.05, 3.63) is 89.5 Å². The van der Waals surface area contributed by atoms with Crippen LogP contribution in [0.25, 0.3) is 11.1 Å². The van der Waals surface area contributed by atoms with Crippen LogP contribution in [0, 0.1) is 6.92 Å². The number of hydrogen-bond acceptors (Lipinski definition) is 3. The monoisotopic (exact) mass is 391 g/mol. The molecule has 3 aromatic rings. The van der Waals surface area contributed by atoms with Crippen LogP contribution in [0.15, 0.2) is 77.7 Å². The highest BCUT2D eigenvalue weighted by Gasteiger charge is 2.29. The van der Waals surface area contributed by atoms with Gasteiger partial charge in [-0.2, -0.15) is 4.31 Å². The molecule has 1 aliphatic rings. The fraction of sp³-hybridized carbons (Fsp3) is 0.174. The number of Topliss-reactive ketones (excluding diaryl/α,β-unsaturated/α-hetero) is 1. The third kappa shape index (κ3) is 3.51. The Morgan fingerprint density at radius 3 is 2.29 bits per heavy atom. The van der Waals surface area contributed by atoms with Gasteiger partial charge in [0.1, 0.15) is 0 Å². The molecule has 0 N–H and O–H groups in total. The second-order valence-electron chi connectivity index (χ2n) is 7.06. The molecule has 3 aromatic carbocycles. The molecule has 0 atom stereocenters. The Hall–Kier alpha value is -2.76. The number of ketones is 1. The number of fused-ring (bicyclic) bond motifs is 1. The van der Waals surface area contributed by atoms with E-state index in [0.29, 0.717) is 5.56 Å². The first-order valence-corrected chi connectivity index (χ1v) is 10.7. The number of rotatable bonds is 3. The molecule has 4 nitrogen and oxygen atoms in total. The first-order chi connectivity index (χ1) is 13.4. The standard InChI is InChI=1S/C23H21NO3S/c1-17-7-11-21(12-8-17)28(26,27)24-14-13-23(25)22-15-19(9-10-20(22)16-24)18-5-3-2-4-6-18/h2-12,15H,13-14,16H2,1H3. The lowest BCUT2D eigenvalue weighted by Gasteiger charge is -2.20. The van der Waals surface area contributed by atoms with Crippen LogP contribution in [-0.2, 0) is 16.6 Å². The Balaban J connectivity index is 1.70. The average molecular weight is 391 g/mol. The average Bonchev–Trinajstić information content (AvgIpc) is 2.88. The minimum absolute atomic E-state index is 0.0191. The summed E-state index contributed by atoms with van der Waals surface area (Å²) < 4.78 is 27.5. The number of benzene rings is 3. The molecule has 5 heteroatoms. The van der Waals surface area contributed by atoms with E-state index >= 15 is 0 Å². The van der Waals surface area contributed by atoms with Crippen LogP contribution in [0.3, 0.4) is 0 Å². The fourth-order valence-corrected chi connectivity index (χ4v) is 4.90. The zero-order valence-corrected chi connectivity index (χ0v) is 16.4. The van der Waals surface area contributed by atoms with Gasteiger partial charge in [0.15, 0.2) is 5.78 Å². The van der Waals surface area contributed by atoms with Crippen molar-refractivity contribution in [1.82, 2.24) is 4.31 Å². The zero-order valence-electron chi connectivity index (χ0n) is 15.6. The summed E-state index contributed by atoms with van der Waals surface area (Å²) >= 11 is 0. The molecule has 0 amide bonds. The minimum Gasteiger partial charge on any atom is -0.294 e. The van der Waals surface area contributed by atoms with Crippen molar-refractivity contribution in [2.75, 3.05) is 6.54 Å². The van der Waals surface area contributed by atoms with Crippen molar-refractivity contribution in [3.63, 3.8) is 0 Å². The van der Waals surface area contributed by atoms with Gasteiger partial charge in [0.25, 0.3) is 0 Å². The number of carbonyl (C=O) groups is 1. The normalized spacial score (nSPS) is 15.1. The lowest BCUT2D eigenvalue weighted by atomic mass is 9.96. The van der Waals surface area contributed by atoms with E-state index < -0.39 is 10.0 Å². The van der Waals surface area contributed by atoms with Crippen molar-refractivity contribution in [3.8, 4) is 11.1 Å². The first kappa shape index (κ1) is 18.6. The molecule has 0 fully saturated rings. The van der Waals surface area contributed by atoms with E-state index in [0.717, 1.165) is 22.3 Å². The highest BCUT2D eigenvalue weighted by molar-refractivity contribution is 7.89. The van der Waals surface area contributed by atoms with Crippen LogP contribution in [0.2, 0.25) is 0 Å². The predicted octanol–water partition coefficient (Wildman–Crippen LogP) is 4.44.